The van der Waals surface area contributed by atoms with E-state index in [0.29, 0.717) is 17.0 Å². The predicted octanol–water partition coefficient (Wildman–Crippen LogP) is 5.02. The molecule has 6 rings (SSSR count). The zero-order chi connectivity index (χ0) is 30.7. The summed E-state index contributed by atoms with van der Waals surface area (Å²) in [4.78, 5) is 19.5. The van der Waals surface area contributed by atoms with Gasteiger partial charge < -0.3 is 19.1 Å². The molecule has 4 aromatic rings. The summed E-state index contributed by atoms with van der Waals surface area (Å²) in [6.07, 6.45) is 2.26. The van der Waals surface area contributed by atoms with E-state index in [1.54, 1.807) is 22.1 Å². The van der Waals surface area contributed by atoms with Crippen LogP contribution in [0.5, 0.6) is 0 Å². The van der Waals surface area contributed by atoms with Crippen LogP contribution in [0.15, 0.2) is 78.3 Å². The maximum atomic E-state index is 13.9. The Hall–Kier alpha value is -3.55. The zero-order valence-electron chi connectivity index (χ0n) is 24.9. The molecule has 0 aliphatic carbocycles. The van der Waals surface area contributed by atoms with E-state index in [-0.39, 0.29) is 19.8 Å². The standard InChI is InChI=1S/C30H35N6O7P/c1-30(2)42-25-23(17-40-44(37,38-15-21-11-7-5-8-12-21)39-16-22-13-9-6-10-14-22)41-29(26(25)43-30)36-20-33-24-27(34-19-35(3)4)31-18-32-28(24)36/h5-14,18-20,23,25-26,29H,15-17H2,1-4H3/t23-,25+,26+,29-/m1/s1. The Kier molecular flexibility index (Phi) is 8.88. The number of hydrogen-bond donors (Lipinski definition) is 0. The Morgan fingerprint density at radius 2 is 1.57 bits per heavy atom. The molecule has 44 heavy (non-hydrogen) atoms. The minimum absolute atomic E-state index is 0.0408. The molecule has 0 bridgehead atoms. The average Bonchev–Trinajstić information content (AvgIpc) is 3.69. The Bertz CT molecular complexity index is 1590. The summed E-state index contributed by atoms with van der Waals surface area (Å²) in [5.41, 5.74) is 2.69. The van der Waals surface area contributed by atoms with E-state index in [9.17, 15) is 4.57 Å². The van der Waals surface area contributed by atoms with Gasteiger partial charge in [0.25, 0.3) is 0 Å². The van der Waals surface area contributed by atoms with E-state index in [1.165, 1.54) is 6.33 Å². The number of hydrogen-bond acceptors (Lipinski definition) is 11. The zero-order valence-corrected chi connectivity index (χ0v) is 25.8. The van der Waals surface area contributed by atoms with Crippen molar-refractivity contribution in [3.63, 3.8) is 0 Å². The van der Waals surface area contributed by atoms with Crippen molar-refractivity contribution in [1.29, 1.82) is 0 Å². The molecule has 0 amide bonds. The van der Waals surface area contributed by atoms with E-state index >= 15 is 0 Å². The van der Waals surface area contributed by atoms with Gasteiger partial charge in [0, 0.05) is 14.1 Å². The van der Waals surface area contributed by atoms with Crippen molar-refractivity contribution in [2.45, 2.75) is 57.4 Å². The Morgan fingerprint density at radius 3 is 2.20 bits per heavy atom. The Labute approximate surface area is 255 Å². The molecule has 2 aliphatic rings. The van der Waals surface area contributed by atoms with Crippen molar-refractivity contribution in [1.82, 2.24) is 24.4 Å². The van der Waals surface area contributed by atoms with Crippen molar-refractivity contribution < 1.29 is 32.3 Å². The van der Waals surface area contributed by atoms with Gasteiger partial charge in [0.05, 0.1) is 32.5 Å². The summed E-state index contributed by atoms with van der Waals surface area (Å²) < 4.78 is 52.2. The third-order valence-electron chi connectivity index (χ3n) is 7.01. The molecule has 2 fully saturated rings. The van der Waals surface area contributed by atoms with Crippen LogP contribution in [0.25, 0.3) is 11.2 Å². The van der Waals surface area contributed by atoms with Gasteiger partial charge in [-0.05, 0) is 25.0 Å². The normalized spacial score (nSPS) is 23.0. The monoisotopic (exact) mass is 622 g/mol. The van der Waals surface area contributed by atoms with Gasteiger partial charge in [-0.2, -0.15) is 0 Å². The van der Waals surface area contributed by atoms with Crippen LogP contribution in [-0.2, 0) is 45.6 Å². The van der Waals surface area contributed by atoms with Crippen LogP contribution in [0.2, 0.25) is 0 Å². The molecule has 4 heterocycles. The number of rotatable bonds is 12. The molecule has 14 heteroatoms. The lowest BCUT2D eigenvalue weighted by Crippen LogP contribution is -2.32. The van der Waals surface area contributed by atoms with Gasteiger partial charge in [0.1, 0.15) is 24.6 Å². The first-order chi connectivity index (χ1) is 21.2. The second-order valence-corrected chi connectivity index (χ2v) is 12.8. The Balaban J connectivity index is 1.22. The van der Waals surface area contributed by atoms with Crippen LogP contribution in [0.4, 0.5) is 5.82 Å². The van der Waals surface area contributed by atoms with E-state index in [1.807, 2.05) is 88.6 Å². The molecule has 0 spiro atoms. The smallest absolute Gasteiger partial charge is 0.369 e. The molecule has 0 N–H and O–H groups in total. The van der Waals surface area contributed by atoms with Gasteiger partial charge in [0.2, 0.25) is 0 Å². The van der Waals surface area contributed by atoms with Crippen molar-refractivity contribution in [2.24, 2.45) is 4.99 Å². The summed E-state index contributed by atoms with van der Waals surface area (Å²) >= 11 is 0. The van der Waals surface area contributed by atoms with Crippen LogP contribution in [0.1, 0.15) is 31.2 Å². The second kappa shape index (κ2) is 12.8. The summed E-state index contributed by atoms with van der Waals surface area (Å²) in [6, 6.07) is 18.8. The minimum atomic E-state index is -4.05. The molecular weight excluding hydrogens is 587 g/mol. The van der Waals surface area contributed by atoms with Crippen LogP contribution < -0.4 is 0 Å². The van der Waals surface area contributed by atoms with E-state index in [4.69, 9.17) is 27.8 Å². The number of phosphoric ester groups is 1. The fraction of sp³-hybridized carbons (Fsp3) is 0.400. The lowest BCUT2D eigenvalue weighted by molar-refractivity contribution is -0.199. The van der Waals surface area contributed by atoms with Crippen molar-refractivity contribution in [3.8, 4) is 0 Å². The number of aromatic nitrogens is 4. The lowest BCUT2D eigenvalue weighted by Gasteiger charge is -2.25. The summed E-state index contributed by atoms with van der Waals surface area (Å²) in [5, 5.41) is 0. The van der Waals surface area contributed by atoms with E-state index in [0.717, 1.165) is 11.1 Å². The van der Waals surface area contributed by atoms with Crippen molar-refractivity contribution >= 4 is 31.1 Å². The number of fused-ring (bicyclic) bond motifs is 2. The molecule has 0 radical (unpaired) electrons. The minimum Gasteiger partial charge on any atom is -0.369 e. The number of aliphatic imine (C=N–C) groups is 1. The van der Waals surface area contributed by atoms with Gasteiger partial charge in [0.15, 0.2) is 29.0 Å². The third kappa shape index (κ3) is 6.89. The number of ether oxygens (including phenoxy) is 3. The molecule has 2 aliphatic heterocycles. The fourth-order valence-corrected chi connectivity index (χ4v) is 6.21. The molecule has 4 atom stereocenters. The molecule has 0 saturated carbocycles. The lowest BCUT2D eigenvalue weighted by atomic mass is 10.1. The van der Waals surface area contributed by atoms with Crippen LogP contribution in [-0.4, -0.2) is 75.6 Å². The van der Waals surface area contributed by atoms with Crippen LogP contribution in [0, 0.1) is 0 Å². The fourth-order valence-electron chi connectivity index (χ4n) is 5.04. The number of imidazole rings is 1. The van der Waals surface area contributed by atoms with E-state index < -0.39 is 38.1 Å². The molecule has 2 saturated heterocycles. The number of nitrogens with zero attached hydrogens (tertiary/aromatic N) is 6. The first-order valence-electron chi connectivity index (χ1n) is 14.2. The second-order valence-electron chi connectivity index (χ2n) is 11.1. The van der Waals surface area contributed by atoms with Gasteiger partial charge in [-0.1, -0.05) is 60.7 Å². The van der Waals surface area contributed by atoms with Crippen LogP contribution >= 0.6 is 7.82 Å². The van der Waals surface area contributed by atoms with Gasteiger partial charge >= 0.3 is 7.82 Å². The largest absolute Gasteiger partial charge is 0.475 e. The number of phosphoric acid groups is 1. The first kappa shape index (κ1) is 30.5. The SMILES string of the molecule is CN(C)C=Nc1ncnc2c1ncn2[C@@H]1O[C@H](COP(=O)(OCc2ccccc2)OCc2ccccc2)[C@@H]2OC(C)(C)O[C@@H]21. The quantitative estimate of drug-likeness (QED) is 0.120. The maximum Gasteiger partial charge on any atom is 0.475 e. The first-order valence-corrected chi connectivity index (χ1v) is 15.7. The van der Waals surface area contributed by atoms with Crippen LogP contribution in [0.3, 0.4) is 0 Å². The van der Waals surface area contributed by atoms with Crippen molar-refractivity contribution in [2.75, 3.05) is 20.7 Å². The molecule has 2 aromatic heterocycles. The predicted molar refractivity (Wildman–Crippen MR) is 161 cm³/mol. The molecule has 13 nitrogen and oxygen atoms in total. The highest BCUT2D eigenvalue weighted by Gasteiger charge is 2.56. The third-order valence-corrected chi connectivity index (χ3v) is 8.37. The van der Waals surface area contributed by atoms with E-state index in [2.05, 4.69) is 19.9 Å². The summed E-state index contributed by atoms with van der Waals surface area (Å²) in [6.45, 7) is 3.61. The molecule has 2 aromatic carbocycles. The van der Waals surface area contributed by atoms with Gasteiger partial charge in [-0.25, -0.2) is 24.5 Å². The average molecular weight is 623 g/mol. The Morgan fingerprint density at radius 1 is 0.932 bits per heavy atom. The summed E-state index contributed by atoms with van der Waals surface area (Å²) in [7, 11) is -0.313. The topological polar surface area (TPSA) is 132 Å². The number of benzene rings is 2. The highest BCUT2D eigenvalue weighted by molar-refractivity contribution is 7.48. The van der Waals surface area contributed by atoms with Gasteiger partial charge in [-0.15, -0.1) is 0 Å². The summed E-state index contributed by atoms with van der Waals surface area (Å²) in [5.74, 6) is -0.465. The molecule has 0 unspecified atom stereocenters. The highest BCUT2D eigenvalue weighted by atomic mass is 31.2. The molecular formula is C30H35N6O7P. The molecule has 232 valence electrons. The van der Waals surface area contributed by atoms with Crippen molar-refractivity contribution in [3.05, 3.63) is 84.4 Å². The van der Waals surface area contributed by atoms with Gasteiger partial charge in [-0.3, -0.25) is 18.1 Å². The highest BCUT2D eigenvalue weighted by Crippen LogP contribution is 2.52. The maximum absolute atomic E-state index is 13.9.